The van der Waals surface area contributed by atoms with Gasteiger partial charge >= 0.3 is 0 Å². The zero-order chi connectivity index (χ0) is 12.7. The molecular weight excluding hydrogens is 218 g/mol. The molecule has 0 fully saturated rings. The van der Waals surface area contributed by atoms with E-state index in [0.29, 0.717) is 12.3 Å². The van der Waals surface area contributed by atoms with E-state index >= 15 is 0 Å². The molecule has 4 nitrogen and oxygen atoms in total. The molecule has 0 aliphatic heterocycles. The summed E-state index contributed by atoms with van der Waals surface area (Å²) in [5.41, 5.74) is 0.734. The van der Waals surface area contributed by atoms with Gasteiger partial charge in [0.05, 0.1) is 26.3 Å². The number of carbonyl (C=O) groups is 1. The van der Waals surface area contributed by atoms with Crippen molar-refractivity contribution in [2.75, 3.05) is 20.8 Å². The minimum Gasteiger partial charge on any atom is -0.497 e. The Labute approximate surface area is 101 Å². The molecule has 0 aliphatic carbocycles. The highest BCUT2D eigenvalue weighted by atomic mass is 16.5. The van der Waals surface area contributed by atoms with Crippen molar-refractivity contribution in [1.29, 1.82) is 0 Å². The van der Waals surface area contributed by atoms with Gasteiger partial charge in [-0.05, 0) is 18.2 Å². The molecule has 0 atom stereocenters. The molecule has 0 unspecified atom stereocenters. The Balaban J connectivity index is 2.83. The molecule has 0 radical (unpaired) electrons. The number of amides is 1. The van der Waals surface area contributed by atoms with Crippen LogP contribution >= 0.6 is 0 Å². The van der Waals surface area contributed by atoms with Crippen molar-refractivity contribution in [3.63, 3.8) is 0 Å². The molecule has 17 heavy (non-hydrogen) atoms. The van der Waals surface area contributed by atoms with Gasteiger partial charge in [0.15, 0.2) is 0 Å². The fourth-order valence-electron chi connectivity index (χ4n) is 1.22. The van der Waals surface area contributed by atoms with Crippen LogP contribution in [0.25, 0.3) is 0 Å². The first-order valence-electron chi connectivity index (χ1n) is 5.12. The Kier molecular flexibility index (Phi) is 4.89. The van der Waals surface area contributed by atoms with E-state index < -0.39 is 0 Å². The van der Waals surface area contributed by atoms with Gasteiger partial charge in [0.1, 0.15) is 11.5 Å². The molecule has 4 heteroatoms. The van der Waals surface area contributed by atoms with Crippen molar-refractivity contribution < 1.29 is 14.3 Å². The molecule has 0 spiro atoms. The first-order chi connectivity index (χ1) is 8.17. The Hall–Kier alpha value is -2.15. The largest absolute Gasteiger partial charge is 0.497 e. The third-order valence-electron chi connectivity index (χ3n) is 2.06. The average Bonchev–Trinajstić information content (AvgIpc) is 2.34. The van der Waals surface area contributed by atoms with Crippen LogP contribution in [0.15, 0.2) is 18.2 Å². The Bertz CT molecular complexity index is 457. The molecule has 0 aromatic heterocycles. The summed E-state index contributed by atoms with van der Waals surface area (Å²) in [4.78, 5) is 10.7. The van der Waals surface area contributed by atoms with Crippen molar-refractivity contribution in [1.82, 2.24) is 5.32 Å². The first kappa shape index (κ1) is 12.9. The van der Waals surface area contributed by atoms with Gasteiger partial charge in [-0.3, -0.25) is 4.79 Å². The van der Waals surface area contributed by atoms with Gasteiger partial charge in [-0.1, -0.05) is 11.8 Å². The lowest BCUT2D eigenvalue weighted by Crippen LogP contribution is -2.19. The minimum atomic E-state index is -0.100. The van der Waals surface area contributed by atoms with Crippen LogP contribution < -0.4 is 14.8 Å². The second kappa shape index (κ2) is 6.44. The minimum absolute atomic E-state index is 0.100. The summed E-state index contributed by atoms with van der Waals surface area (Å²) in [5.74, 6) is 7.06. The molecule has 0 saturated carbocycles. The van der Waals surface area contributed by atoms with Gasteiger partial charge in [0, 0.05) is 6.92 Å². The fraction of sp³-hybridized carbons (Fsp3) is 0.308. The lowest BCUT2D eigenvalue weighted by atomic mass is 10.2. The van der Waals surface area contributed by atoms with Crippen molar-refractivity contribution in [2.24, 2.45) is 0 Å². The molecule has 90 valence electrons. The van der Waals surface area contributed by atoms with E-state index in [1.54, 1.807) is 32.4 Å². The van der Waals surface area contributed by atoms with Crippen LogP contribution in [0.5, 0.6) is 11.5 Å². The summed E-state index contributed by atoms with van der Waals surface area (Å²) < 4.78 is 10.3. The summed E-state index contributed by atoms with van der Waals surface area (Å²) in [6, 6.07) is 5.39. The number of ether oxygens (including phenoxy) is 2. The van der Waals surface area contributed by atoms with Crippen LogP contribution in [-0.4, -0.2) is 26.7 Å². The Morgan fingerprint density at radius 2 is 2.12 bits per heavy atom. The van der Waals surface area contributed by atoms with Gasteiger partial charge in [-0.25, -0.2) is 0 Å². The summed E-state index contributed by atoms with van der Waals surface area (Å²) in [6.07, 6.45) is 0. The molecule has 0 saturated heterocycles. The van der Waals surface area contributed by atoms with E-state index in [0.717, 1.165) is 11.3 Å². The number of hydrogen-bond donors (Lipinski definition) is 1. The predicted molar refractivity (Wildman–Crippen MR) is 65.1 cm³/mol. The highest BCUT2D eigenvalue weighted by Gasteiger charge is 2.01. The van der Waals surface area contributed by atoms with Crippen LogP contribution in [0.3, 0.4) is 0 Å². The second-order valence-electron chi connectivity index (χ2n) is 3.28. The predicted octanol–water partition coefficient (Wildman–Crippen LogP) is 1.19. The van der Waals surface area contributed by atoms with Crippen molar-refractivity contribution in [2.45, 2.75) is 6.92 Å². The summed E-state index contributed by atoms with van der Waals surface area (Å²) in [5, 5.41) is 2.60. The molecule has 1 aromatic rings. The van der Waals surface area contributed by atoms with Gasteiger partial charge in [0.25, 0.3) is 0 Å². The van der Waals surface area contributed by atoms with Gasteiger partial charge in [-0.15, -0.1) is 0 Å². The van der Waals surface area contributed by atoms with E-state index in [9.17, 15) is 4.79 Å². The average molecular weight is 233 g/mol. The Morgan fingerprint density at radius 3 is 2.71 bits per heavy atom. The smallest absolute Gasteiger partial charge is 0.217 e. The molecule has 1 rings (SSSR count). The van der Waals surface area contributed by atoms with Crippen LogP contribution in [-0.2, 0) is 4.79 Å². The SMILES string of the molecule is COc1ccc(OC)c(C#CCNC(C)=O)c1. The maximum absolute atomic E-state index is 10.7. The van der Waals surface area contributed by atoms with Crippen LogP contribution in [0, 0.1) is 11.8 Å². The number of carbonyl (C=O) groups excluding carboxylic acids is 1. The lowest BCUT2D eigenvalue weighted by Gasteiger charge is -2.05. The summed E-state index contributed by atoms with van der Waals surface area (Å²) in [6.45, 7) is 1.77. The lowest BCUT2D eigenvalue weighted by molar-refractivity contribution is -0.118. The second-order valence-corrected chi connectivity index (χ2v) is 3.28. The van der Waals surface area contributed by atoms with Crippen molar-refractivity contribution >= 4 is 5.91 Å². The van der Waals surface area contributed by atoms with E-state index in [4.69, 9.17) is 9.47 Å². The summed E-state index contributed by atoms with van der Waals surface area (Å²) >= 11 is 0. The topological polar surface area (TPSA) is 47.6 Å². The zero-order valence-corrected chi connectivity index (χ0v) is 10.2. The first-order valence-corrected chi connectivity index (χ1v) is 5.12. The molecule has 1 N–H and O–H groups in total. The van der Waals surface area contributed by atoms with Gasteiger partial charge < -0.3 is 14.8 Å². The number of benzene rings is 1. The molecule has 0 heterocycles. The molecule has 1 aromatic carbocycles. The van der Waals surface area contributed by atoms with E-state index in [-0.39, 0.29) is 5.91 Å². The third kappa shape index (κ3) is 4.07. The highest BCUT2D eigenvalue weighted by Crippen LogP contribution is 2.22. The maximum Gasteiger partial charge on any atom is 0.217 e. The molecule has 0 aliphatic rings. The number of rotatable bonds is 3. The Morgan fingerprint density at radius 1 is 1.35 bits per heavy atom. The van der Waals surface area contributed by atoms with Crippen molar-refractivity contribution in [3.8, 4) is 23.3 Å². The van der Waals surface area contributed by atoms with E-state index in [2.05, 4.69) is 17.2 Å². The monoisotopic (exact) mass is 233 g/mol. The van der Waals surface area contributed by atoms with Crippen molar-refractivity contribution in [3.05, 3.63) is 23.8 Å². The summed E-state index contributed by atoms with van der Waals surface area (Å²) in [7, 11) is 3.18. The van der Waals surface area contributed by atoms with E-state index in [1.165, 1.54) is 6.92 Å². The number of methoxy groups -OCH3 is 2. The fourth-order valence-corrected chi connectivity index (χ4v) is 1.22. The van der Waals surface area contributed by atoms with Crippen LogP contribution in [0.2, 0.25) is 0 Å². The van der Waals surface area contributed by atoms with Crippen LogP contribution in [0.1, 0.15) is 12.5 Å². The molecule has 0 bridgehead atoms. The number of nitrogens with one attached hydrogen (secondary N) is 1. The molecular formula is C13H15NO3. The van der Waals surface area contributed by atoms with Gasteiger partial charge in [-0.2, -0.15) is 0 Å². The maximum atomic E-state index is 10.7. The van der Waals surface area contributed by atoms with Crippen LogP contribution in [0.4, 0.5) is 0 Å². The number of hydrogen-bond acceptors (Lipinski definition) is 3. The zero-order valence-electron chi connectivity index (χ0n) is 10.2. The standard InChI is InChI=1S/C13H15NO3/c1-10(15)14-8-4-5-11-9-12(16-2)6-7-13(11)17-3/h6-7,9H,8H2,1-3H3,(H,14,15). The van der Waals surface area contributed by atoms with E-state index in [1.807, 2.05) is 0 Å². The highest BCUT2D eigenvalue weighted by molar-refractivity contribution is 5.73. The quantitative estimate of drug-likeness (QED) is 0.798. The normalized spacial score (nSPS) is 8.88. The van der Waals surface area contributed by atoms with Gasteiger partial charge in [0.2, 0.25) is 5.91 Å². The molecule has 1 amide bonds. The third-order valence-corrected chi connectivity index (χ3v) is 2.06.